The van der Waals surface area contributed by atoms with Crippen LogP contribution in [-0.4, -0.2) is 85.7 Å². The number of ether oxygens (including phenoxy) is 2. The number of carbonyl (C=O) groups excluding carboxylic acids is 1. The van der Waals surface area contributed by atoms with Crippen LogP contribution in [0.3, 0.4) is 0 Å². The van der Waals surface area contributed by atoms with Crippen molar-refractivity contribution in [3.8, 4) is 17.6 Å². The Bertz CT molecular complexity index is 1280. The molecule has 1 aromatic carbocycles. The van der Waals surface area contributed by atoms with Crippen molar-refractivity contribution in [1.29, 1.82) is 0 Å². The van der Waals surface area contributed by atoms with Crippen LogP contribution in [0, 0.1) is 23.7 Å². The molecule has 2 aliphatic rings. The Kier molecular flexibility index (Phi) is 9.05. The van der Waals surface area contributed by atoms with Crippen LogP contribution in [0.2, 0.25) is 0 Å². The quantitative estimate of drug-likeness (QED) is 0.578. The summed E-state index contributed by atoms with van der Waals surface area (Å²) in [5.74, 6) is 5.99. The molecule has 0 unspecified atom stereocenters. The lowest BCUT2D eigenvalue weighted by Crippen LogP contribution is -2.50. The molecule has 2 aliphatic heterocycles. The monoisotopic (exact) mass is 541 g/mol. The average Bonchev–Trinajstić information content (AvgIpc) is 2.93. The Hall–Kier alpha value is -2.97. The van der Waals surface area contributed by atoms with Gasteiger partial charge in [-0.25, -0.2) is 8.42 Å². The molecule has 3 atom stereocenters. The highest BCUT2D eigenvalue weighted by molar-refractivity contribution is 7.89. The topological polar surface area (TPSA) is 109 Å². The van der Waals surface area contributed by atoms with Gasteiger partial charge < -0.3 is 19.5 Å². The van der Waals surface area contributed by atoms with Crippen LogP contribution in [-0.2, 0) is 19.6 Å². The number of fused-ring (bicyclic) bond motifs is 1. The molecular weight excluding hydrogens is 506 g/mol. The number of nitrogens with zero attached hydrogens (tertiary/aromatic N) is 3. The van der Waals surface area contributed by atoms with Crippen LogP contribution in [0.15, 0.2) is 47.6 Å². The summed E-state index contributed by atoms with van der Waals surface area (Å²) in [5, 5.41) is 9.84. The highest BCUT2D eigenvalue weighted by Gasteiger charge is 2.38. The van der Waals surface area contributed by atoms with Gasteiger partial charge in [0.2, 0.25) is 15.9 Å². The van der Waals surface area contributed by atoms with Crippen molar-refractivity contribution in [2.45, 2.75) is 43.7 Å². The first kappa shape index (κ1) is 28.0. The lowest BCUT2D eigenvalue weighted by atomic mass is 9.97. The lowest BCUT2D eigenvalue weighted by Gasteiger charge is -2.38. The zero-order valence-corrected chi connectivity index (χ0v) is 22.9. The van der Waals surface area contributed by atoms with Gasteiger partial charge in [0, 0.05) is 68.2 Å². The minimum absolute atomic E-state index is 0.0163. The fourth-order valence-corrected chi connectivity index (χ4v) is 6.54. The van der Waals surface area contributed by atoms with E-state index in [0.29, 0.717) is 38.2 Å². The number of likely N-dealkylation sites (N-methyl/N-ethyl adjacent to an activating group) is 1. The molecule has 2 aromatic rings. The van der Waals surface area contributed by atoms with Crippen LogP contribution in [0.5, 0.6) is 5.75 Å². The number of rotatable bonds is 5. The number of aromatic nitrogens is 1. The third-order valence-electron chi connectivity index (χ3n) is 7.10. The van der Waals surface area contributed by atoms with Crippen molar-refractivity contribution in [3.05, 3.63) is 53.9 Å². The molecule has 1 N–H and O–H groups in total. The second-order valence-electron chi connectivity index (χ2n) is 9.99. The van der Waals surface area contributed by atoms with Crippen molar-refractivity contribution in [2.75, 3.05) is 40.0 Å². The van der Waals surface area contributed by atoms with Crippen molar-refractivity contribution < 1.29 is 27.8 Å². The molecule has 1 amide bonds. The lowest BCUT2D eigenvalue weighted by molar-refractivity contribution is -0.138. The zero-order valence-electron chi connectivity index (χ0n) is 22.0. The molecule has 3 heterocycles. The average molecular weight is 542 g/mol. The summed E-state index contributed by atoms with van der Waals surface area (Å²) < 4.78 is 40.5. The van der Waals surface area contributed by atoms with E-state index >= 15 is 0 Å². The first-order valence-corrected chi connectivity index (χ1v) is 14.3. The fourth-order valence-electron chi connectivity index (χ4n) is 4.72. The normalized spacial score (nSPS) is 22.5. The third-order valence-corrected chi connectivity index (χ3v) is 9.12. The molecule has 38 heavy (non-hydrogen) atoms. The molecule has 4 rings (SSSR count). The predicted molar refractivity (Wildman–Crippen MR) is 142 cm³/mol. The van der Waals surface area contributed by atoms with Crippen LogP contribution in [0.1, 0.15) is 37.8 Å². The van der Waals surface area contributed by atoms with Crippen molar-refractivity contribution in [2.24, 2.45) is 11.8 Å². The van der Waals surface area contributed by atoms with E-state index in [4.69, 9.17) is 9.47 Å². The minimum atomic E-state index is -3.96. The molecule has 0 spiro atoms. The van der Waals surface area contributed by atoms with Gasteiger partial charge in [-0.2, -0.15) is 4.31 Å². The van der Waals surface area contributed by atoms with E-state index < -0.39 is 22.2 Å². The fraction of sp³-hybridized carbons (Fsp3) is 0.500. The SMILES string of the molecule is C[C@H]1CN([C@@H](C)CO)S(=O)(=O)c2ccc(C#Cc3ccncc3)cc2O[C@@H]1CN(C)C(=O)C1CCOCC1. The van der Waals surface area contributed by atoms with Gasteiger partial charge in [-0.15, -0.1) is 0 Å². The van der Waals surface area contributed by atoms with E-state index in [0.717, 1.165) is 5.56 Å². The largest absolute Gasteiger partial charge is 0.487 e. The number of hydrogen-bond donors (Lipinski definition) is 1. The first-order valence-electron chi connectivity index (χ1n) is 12.9. The van der Waals surface area contributed by atoms with Crippen molar-refractivity contribution >= 4 is 15.9 Å². The smallest absolute Gasteiger partial charge is 0.247 e. The van der Waals surface area contributed by atoms with Gasteiger partial charge in [-0.05, 0) is 50.1 Å². The highest BCUT2D eigenvalue weighted by atomic mass is 32.2. The van der Waals surface area contributed by atoms with Gasteiger partial charge in [0.25, 0.3) is 0 Å². The van der Waals surface area contributed by atoms with Gasteiger partial charge in [-0.3, -0.25) is 9.78 Å². The number of amides is 1. The van der Waals surface area contributed by atoms with Crippen molar-refractivity contribution in [1.82, 2.24) is 14.2 Å². The summed E-state index contributed by atoms with van der Waals surface area (Å²) >= 11 is 0. The van der Waals surface area contributed by atoms with E-state index in [9.17, 15) is 18.3 Å². The summed E-state index contributed by atoms with van der Waals surface area (Å²) in [6.07, 6.45) is 4.21. The molecule has 204 valence electrons. The summed E-state index contributed by atoms with van der Waals surface area (Å²) in [5.41, 5.74) is 1.37. The summed E-state index contributed by atoms with van der Waals surface area (Å²) in [4.78, 5) is 18.8. The Morgan fingerprint density at radius 2 is 1.87 bits per heavy atom. The Labute approximate surface area is 224 Å². The summed E-state index contributed by atoms with van der Waals surface area (Å²) in [6, 6.07) is 7.74. The molecule has 0 saturated carbocycles. The predicted octanol–water partition coefficient (Wildman–Crippen LogP) is 2.14. The number of benzene rings is 1. The third kappa shape index (κ3) is 6.35. The first-order chi connectivity index (χ1) is 18.2. The second kappa shape index (κ2) is 12.3. The molecule has 0 aliphatic carbocycles. The maximum atomic E-state index is 13.7. The summed E-state index contributed by atoms with van der Waals surface area (Å²) in [7, 11) is -2.20. The van der Waals surface area contributed by atoms with Gasteiger partial charge >= 0.3 is 0 Å². The number of carbonyl (C=O) groups is 1. The molecule has 9 nitrogen and oxygen atoms in total. The molecule has 1 fully saturated rings. The van der Waals surface area contributed by atoms with E-state index in [1.54, 1.807) is 55.5 Å². The van der Waals surface area contributed by atoms with Gasteiger partial charge in [0.15, 0.2) is 0 Å². The zero-order chi connectivity index (χ0) is 27.3. The molecule has 1 saturated heterocycles. The Morgan fingerprint density at radius 1 is 1.18 bits per heavy atom. The molecule has 10 heteroatoms. The maximum absolute atomic E-state index is 13.7. The van der Waals surface area contributed by atoms with Crippen LogP contribution >= 0.6 is 0 Å². The van der Waals surface area contributed by atoms with E-state index in [1.807, 2.05) is 6.92 Å². The number of aliphatic hydroxyl groups excluding tert-OH is 1. The van der Waals surface area contributed by atoms with Crippen LogP contribution in [0.25, 0.3) is 0 Å². The molecular formula is C28H35N3O6S. The van der Waals surface area contributed by atoms with E-state index in [2.05, 4.69) is 16.8 Å². The number of hydrogen-bond acceptors (Lipinski definition) is 7. The molecule has 1 aromatic heterocycles. The van der Waals surface area contributed by atoms with Crippen LogP contribution in [0.4, 0.5) is 0 Å². The standard InChI is InChI=1S/C28H35N3O6S/c1-20-17-31(21(2)19-32)38(34,35)27-7-6-23(5-4-22-8-12-29-13-9-22)16-25(27)37-26(20)18-30(3)28(33)24-10-14-36-15-11-24/h6-9,12-13,16,20-21,24,26,32H,10-11,14-15,17-19H2,1-3H3/t20-,21-,26+/m0/s1. The molecule has 0 radical (unpaired) electrons. The maximum Gasteiger partial charge on any atom is 0.247 e. The number of pyridine rings is 1. The minimum Gasteiger partial charge on any atom is -0.487 e. The number of sulfonamides is 1. The van der Waals surface area contributed by atoms with Gasteiger partial charge in [0.05, 0.1) is 13.2 Å². The van der Waals surface area contributed by atoms with E-state index in [1.165, 1.54) is 10.4 Å². The Balaban J connectivity index is 1.68. The van der Waals surface area contributed by atoms with Gasteiger partial charge in [-0.1, -0.05) is 18.8 Å². The number of aliphatic hydroxyl groups is 1. The Morgan fingerprint density at radius 3 is 2.55 bits per heavy atom. The second-order valence-corrected chi connectivity index (χ2v) is 11.9. The summed E-state index contributed by atoms with van der Waals surface area (Å²) in [6.45, 7) is 4.86. The van der Waals surface area contributed by atoms with Gasteiger partial charge in [0.1, 0.15) is 16.7 Å². The van der Waals surface area contributed by atoms with E-state index in [-0.39, 0.29) is 41.5 Å². The molecule has 0 bridgehead atoms. The van der Waals surface area contributed by atoms with Crippen molar-refractivity contribution in [3.63, 3.8) is 0 Å². The highest BCUT2D eigenvalue weighted by Crippen LogP contribution is 2.34. The van der Waals surface area contributed by atoms with Crippen LogP contribution < -0.4 is 4.74 Å².